The number of halogens is 4. The van der Waals surface area contributed by atoms with Crippen molar-refractivity contribution >= 4 is 29.3 Å². The molecule has 0 aromatic carbocycles. The van der Waals surface area contributed by atoms with Gasteiger partial charge >= 0.3 is 6.09 Å². The van der Waals surface area contributed by atoms with Crippen molar-refractivity contribution in [3.8, 4) is 0 Å². The maximum Gasteiger partial charge on any atom is 0.410 e. The van der Waals surface area contributed by atoms with E-state index in [9.17, 15) is 13.6 Å². The molecule has 1 aromatic heterocycles. The van der Waals surface area contributed by atoms with Crippen molar-refractivity contribution in [3.63, 3.8) is 0 Å². The molecule has 0 N–H and O–H groups in total. The molecule has 0 radical (unpaired) electrons. The normalized spacial score (nSPS) is 19.5. The van der Waals surface area contributed by atoms with E-state index in [1.807, 2.05) is 0 Å². The maximum absolute atomic E-state index is 12.7. The Morgan fingerprint density at radius 1 is 1.56 bits per heavy atom. The van der Waals surface area contributed by atoms with Gasteiger partial charge in [0.1, 0.15) is 17.8 Å². The Morgan fingerprint density at radius 3 is 2.89 bits per heavy atom. The van der Waals surface area contributed by atoms with Crippen molar-refractivity contribution in [2.24, 2.45) is 0 Å². The zero-order valence-electron chi connectivity index (χ0n) is 8.82. The zero-order chi connectivity index (χ0) is 13.3. The summed E-state index contributed by atoms with van der Waals surface area (Å²) in [5, 5.41) is -0.0409. The van der Waals surface area contributed by atoms with Crippen molar-refractivity contribution in [1.82, 2.24) is 14.9 Å². The highest BCUT2D eigenvalue weighted by molar-refractivity contribution is 6.32. The van der Waals surface area contributed by atoms with Crippen LogP contribution in [0.25, 0.3) is 0 Å². The lowest BCUT2D eigenvalue weighted by Crippen LogP contribution is -2.38. The summed E-state index contributed by atoms with van der Waals surface area (Å²) >= 11 is 11.3. The molecule has 1 unspecified atom stereocenters. The van der Waals surface area contributed by atoms with Gasteiger partial charge in [0, 0.05) is 11.8 Å². The van der Waals surface area contributed by atoms with Crippen molar-refractivity contribution < 1.29 is 18.3 Å². The van der Waals surface area contributed by atoms with Crippen LogP contribution in [-0.4, -0.2) is 40.0 Å². The Labute approximate surface area is 111 Å². The molecule has 0 bridgehead atoms. The number of ether oxygens (including phenoxy) is 1. The van der Waals surface area contributed by atoms with Crippen molar-refractivity contribution in [2.45, 2.75) is 19.0 Å². The molecule has 2 heterocycles. The van der Waals surface area contributed by atoms with Gasteiger partial charge in [-0.15, -0.1) is 0 Å². The Hall–Kier alpha value is -1.21. The van der Waals surface area contributed by atoms with E-state index in [1.165, 1.54) is 6.20 Å². The highest BCUT2D eigenvalue weighted by Crippen LogP contribution is 2.23. The first kappa shape index (κ1) is 13.2. The minimum Gasteiger partial charge on any atom is -0.447 e. The summed E-state index contributed by atoms with van der Waals surface area (Å²) < 4.78 is 29.9. The van der Waals surface area contributed by atoms with Crippen LogP contribution in [0.2, 0.25) is 10.4 Å². The van der Waals surface area contributed by atoms with Crippen LogP contribution in [0.4, 0.5) is 13.6 Å². The van der Waals surface area contributed by atoms with Crippen LogP contribution in [0.5, 0.6) is 0 Å². The number of rotatable bonds is 3. The largest absolute Gasteiger partial charge is 0.447 e. The fourth-order valence-electron chi connectivity index (χ4n) is 1.51. The van der Waals surface area contributed by atoms with Gasteiger partial charge in [-0.25, -0.2) is 23.5 Å². The smallest absolute Gasteiger partial charge is 0.410 e. The highest BCUT2D eigenvalue weighted by atomic mass is 35.5. The predicted octanol–water partition coefficient (Wildman–Crippen LogP) is 2.37. The van der Waals surface area contributed by atoms with Crippen molar-refractivity contribution in [2.75, 3.05) is 6.61 Å². The van der Waals surface area contributed by atoms with E-state index in [4.69, 9.17) is 23.2 Å². The maximum atomic E-state index is 12.7. The highest BCUT2D eigenvalue weighted by Gasteiger charge is 2.39. The standard InChI is InChI=1S/C9H7Cl2F2N3O2/c10-6-4(1-14-8(11)15-6)2-16-5(7(12)13)3-18-9(16)17/h1,5,7H,2-3H2. The molecular weight excluding hydrogens is 291 g/mol. The number of hydrogen-bond donors (Lipinski definition) is 0. The second kappa shape index (κ2) is 5.19. The minimum absolute atomic E-state index is 0.0164. The zero-order valence-corrected chi connectivity index (χ0v) is 10.3. The molecular formula is C9H7Cl2F2N3O2. The molecule has 98 valence electrons. The Bertz CT molecular complexity index is 475. The van der Waals surface area contributed by atoms with Crippen LogP contribution in [0.15, 0.2) is 6.20 Å². The topological polar surface area (TPSA) is 55.3 Å². The Morgan fingerprint density at radius 2 is 2.28 bits per heavy atom. The lowest BCUT2D eigenvalue weighted by Gasteiger charge is -2.20. The molecule has 1 amide bonds. The Balaban J connectivity index is 2.19. The molecule has 18 heavy (non-hydrogen) atoms. The van der Waals surface area contributed by atoms with E-state index in [0.29, 0.717) is 5.56 Å². The molecule has 1 aliphatic heterocycles. The molecule has 1 saturated heterocycles. The molecule has 0 spiro atoms. The van der Waals surface area contributed by atoms with E-state index < -0.39 is 18.6 Å². The third-order valence-electron chi connectivity index (χ3n) is 2.43. The van der Waals surface area contributed by atoms with E-state index in [2.05, 4.69) is 14.7 Å². The molecule has 5 nitrogen and oxygen atoms in total. The fourth-order valence-corrected chi connectivity index (χ4v) is 1.88. The number of carbonyl (C=O) groups is 1. The third kappa shape index (κ3) is 2.62. The number of amides is 1. The molecule has 1 fully saturated rings. The summed E-state index contributed by atoms with van der Waals surface area (Å²) in [4.78, 5) is 19.6. The van der Waals surface area contributed by atoms with E-state index in [0.717, 1.165) is 4.90 Å². The second-order valence-corrected chi connectivity index (χ2v) is 4.26. The van der Waals surface area contributed by atoms with Crippen LogP contribution in [0, 0.1) is 0 Å². The number of alkyl halides is 2. The monoisotopic (exact) mass is 297 g/mol. The van der Waals surface area contributed by atoms with Crippen LogP contribution in [0.3, 0.4) is 0 Å². The fraction of sp³-hybridized carbons (Fsp3) is 0.444. The van der Waals surface area contributed by atoms with E-state index >= 15 is 0 Å². The number of carbonyl (C=O) groups excluding carboxylic acids is 1. The Kier molecular flexibility index (Phi) is 3.82. The van der Waals surface area contributed by atoms with E-state index in [-0.39, 0.29) is 23.6 Å². The van der Waals surface area contributed by atoms with Gasteiger partial charge in [-0.05, 0) is 11.6 Å². The van der Waals surface area contributed by atoms with Gasteiger partial charge in [0.2, 0.25) is 5.28 Å². The van der Waals surface area contributed by atoms with Gasteiger partial charge < -0.3 is 4.74 Å². The first-order valence-corrected chi connectivity index (χ1v) is 5.63. The average molecular weight is 298 g/mol. The molecule has 0 aliphatic carbocycles. The molecule has 9 heteroatoms. The number of aromatic nitrogens is 2. The third-order valence-corrected chi connectivity index (χ3v) is 2.94. The van der Waals surface area contributed by atoms with Gasteiger partial charge in [-0.2, -0.15) is 0 Å². The van der Waals surface area contributed by atoms with Gasteiger partial charge in [-0.3, -0.25) is 4.90 Å². The number of hydrogen-bond acceptors (Lipinski definition) is 4. The summed E-state index contributed by atoms with van der Waals surface area (Å²) in [6, 6.07) is -1.29. The molecule has 0 saturated carbocycles. The van der Waals surface area contributed by atoms with E-state index in [1.54, 1.807) is 0 Å². The van der Waals surface area contributed by atoms with Crippen LogP contribution in [0.1, 0.15) is 5.56 Å². The first-order valence-electron chi connectivity index (χ1n) is 4.87. The van der Waals surface area contributed by atoms with Crippen LogP contribution < -0.4 is 0 Å². The molecule has 2 rings (SSSR count). The average Bonchev–Trinajstić information content (AvgIpc) is 2.64. The van der Waals surface area contributed by atoms with Crippen LogP contribution in [-0.2, 0) is 11.3 Å². The second-order valence-electron chi connectivity index (χ2n) is 3.56. The van der Waals surface area contributed by atoms with Crippen molar-refractivity contribution in [3.05, 3.63) is 22.2 Å². The SMILES string of the molecule is O=C1OCC(C(F)F)N1Cc1cnc(Cl)nc1Cl. The lowest BCUT2D eigenvalue weighted by atomic mass is 10.2. The summed E-state index contributed by atoms with van der Waals surface area (Å²) in [5.74, 6) is 0. The van der Waals surface area contributed by atoms with Gasteiger partial charge in [-0.1, -0.05) is 11.6 Å². The summed E-state index contributed by atoms with van der Waals surface area (Å²) in [5.41, 5.74) is 0.325. The minimum atomic E-state index is -2.69. The van der Waals surface area contributed by atoms with Gasteiger partial charge in [0.15, 0.2) is 0 Å². The summed E-state index contributed by atoms with van der Waals surface area (Å²) in [6.45, 7) is -0.494. The predicted molar refractivity (Wildman–Crippen MR) is 58.7 cm³/mol. The van der Waals surface area contributed by atoms with Crippen LogP contribution >= 0.6 is 23.2 Å². The molecule has 1 atom stereocenters. The number of cyclic esters (lactones) is 1. The summed E-state index contributed by atoms with van der Waals surface area (Å²) in [6.07, 6.45) is -2.22. The number of nitrogens with zero attached hydrogens (tertiary/aromatic N) is 3. The summed E-state index contributed by atoms with van der Waals surface area (Å²) in [7, 11) is 0. The first-order chi connectivity index (χ1) is 8.49. The van der Waals surface area contributed by atoms with Crippen molar-refractivity contribution in [1.29, 1.82) is 0 Å². The quantitative estimate of drug-likeness (QED) is 0.635. The lowest BCUT2D eigenvalue weighted by molar-refractivity contribution is 0.0574. The van der Waals surface area contributed by atoms with Gasteiger partial charge in [0.25, 0.3) is 6.43 Å². The van der Waals surface area contributed by atoms with Gasteiger partial charge in [0.05, 0.1) is 6.54 Å². The molecule has 1 aromatic rings. The molecule has 1 aliphatic rings.